The molecule has 0 radical (unpaired) electrons. The lowest BCUT2D eigenvalue weighted by molar-refractivity contribution is 0.101. The van der Waals surface area contributed by atoms with Gasteiger partial charge in [-0.3, -0.25) is 9.69 Å². The quantitative estimate of drug-likeness (QED) is 0.604. The number of carbonyl (C=O) groups is 2. The molecule has 1 fully saturated rings. The van der Waals surface area contributed by atoms with Crippen LogP contribution in [0.2, 0.25) is 0 Å². The average molecular weight is 376 g/mol. The van der Waals surface area contributed by atoms with Crippen LogP contribution in [0.5, 0.6) is 11.6 Å². The molecule has 1 N–H and O–H groups in total. The summed E-state index contributed by atoms with van der Waals surface area (Å²) in [6.07, 6.45) is 1.24. The van der Waals surface area contributed by atoms with E-state index in [2.05, 4.69) is 4.98 Å². The zero-order valence-corrected chi connectivity index (χ0v) is 15.5. The third kappa shape index (κ3) is 3.96. The second kappa shape index (κ2) is 7.31. The molecule has 6 heteroatoms. The summed E-state index contributed by atoms with van der Waals surface area (Å²) in [5, 5.41) is 10.3. The van der Waals surface area contributed by atoms with Crippen molar-refractivity contribution < 1.29 is 19.4 Å². The Kier molecular flexibility index (Phi) is 4.69. The van der Waals surface area contributed by atoms with Crippen molar-refractivity contribution in [3.63, 3.8) is 0 Å². The largest absolute Gasteiger partial charge is 0.465 e. The van der Waals surface area contributed by atoms with Gasteiger partial charge in [0.15, 0.2) is 5.78 Å². The first kappa shape index (κ1) is 18.0. The number of ether oxygens (including phenoxy) is 1. The van der Waals surface area contributed by atoms with Crippen LogP contribution in [0.25, 0.3) is 10.9 Å². The van der Waals surface area contributed by atoms with Crippen LogP contribution in [0.4, 0.5) is 10.5 Å². The number of ketones is 1. The summed E-state index contributed by atoms with van der Waals surface area (Å²) >= 11 is 0. The lowest BCUT2D eigenvalue weighted by Crippen LogP contribution is -2.31. The minimum atomic E-state index is -0.943. The molecule has 0 saturated heterocycles. The number of benzene rings is 2. The summed E-state index contributed by atoms with van der Waals surface area (Å²) in [5.74, 6) is 1.49. The van der Waals surface area contributed by atoms with Gasteiger partial charge in [-0.25, -0.2) is 9.78 Å². The first-order chi connectivity index (χ1) is 13.5. The third-order valence-corrected chi connectivity index (χ3v) is 4.81. The van der Waals surface area contributed by atoms with E-state index in [0.29, 0.717) is 35.3 Å². The summed E-state index contributed by atoms with van der Waals surface area (Å²) < 4.78 is 5.81. The van der Waals surface area contributed by atoms with E-state index in [1.165, 1.54) is 11.8 Å². The van der Waals surface area contributed by atoms with Crippen LogP contribution >= 0.6 is 0 Å². The molecule has 1 heterocycles. The van der Waals surface area contributed by atoms with Crippen LogP contribution in [0.15, 0.2) is 54.6 Å². The molecule has 0 aliphatic heterocycles. The Hall–Kier alpha value is -3.41. The summed E-state index contributed by atoms with van der Waals surface area (Å²) in [4.78, 5) is 28.8. The molecule has 1 aliphatic rings. The fourth-order valence-electron chi connectivity index (χ4n) is 3.05. The number of rotatable bonds is 6. The highest BCUT2D eigenvalue weighted by molar-refractivity contribution is 5.97. The van der Waals surface area contributed by atoms with Crippen LogP contribution in [-0.2, 0) is 0 Å². The molecule has 28 heavy (non-hydrogen) atoms. The van der Waals surface area contributed by atoms with Gasteiger partial charge in [0.05, 0.1) is 5.52 Å². The molecule has 6 nitrogen and oxygen atoms in total. The summed E-state index contributed by atoms with van der Waals surface area (Å²) in [5.41, 5.74) is 2.02. The van der Waals surface area contributed by atoms with Gasteiger partial charge in [-0.15, -0.1) is 0 Å². The smallest absolute Gasteiger partial charge is 0.411 e. The maximum atomic E-state index is 11.5. The number of hydrogen-bond donors (Lipinski definition) is 1. The molecule has 0 unspecified atom stereocenters. The standard InChI is InChI=1S/C22H20N2O4/c1-14(25)16-4-10-20-17(12-16)5-11-21(23-20)28-19-8-6-18(7-9-19)24(22(26)27)13-15-2-3-15/h4-12,15H,2-3,13H2,1H3,(H,26,27). The number of aromatic nitrogens is 1. The molecular formula is C22H20N2O4. The monoisotopic (exact) mass is 376 g/mol. The van der Waals surface area contributed by atoms with E-state index >= 15 is 0 Å². The van der Waals surface area contributed by atoms with Crippen molar-refractivity contribution in [3.05, 3.63) is 60.2 Å². The van der Waals surface area contributed by atoms with E-state index in [-0.39, 0.29) is 5.78 Å². The Bertz CT molecular complexity index is 1040. The lowest BCUT2D eigenvalue weighted by atomic mass is 10.1. The molecule has 3 aromatic rings. The van der Waals surface area contributed by atoms with E-state index in [1.807, 2.05) is 12.1 Å². The topological polar surface area (TPSA) is 79.7 Å². The zero-order valence-electron chi connectivity index (χ0n) is 15.5. The molecule has 1 aliphatic carbocycles. The van der Waals surface area contributed by atoms with Crippen molar-refractivity contribution in [2.45, 2.75) is 19.8 Å². The lowest BCUT2D eigenvalue weighted by Gasteiger charge is -2.19. The molecule has 142 valence electrons. The highest BCUT2D eigenvalue weighted by Crippen LogP contribution is 2.32. The number of Topliss-reactive ketones (excluding diaryl/α,β-unsaturated/α-hetero) is 1. The number of carboxylic acid groups (broad SMARTS) is 1. The van der Waals surface area contributed by atoms with Gasteiger partial charge >= 0.3 is 6.09 Å². The number of fused-ring (bicyclic) bond motifs is 1. The van der Waals surface area contributed by atoms with Gasteiger partial charge in [0.1, 0.15) is 5.75 Å². The van der Waals surface area contributed by atoms with Gasteiger partial charge in [-0.2, -0.15) is 0 Å². The van der Waals surface area contributed by atoms with Crippen LogP contribution in [0.3, 0.4) is 0 Å². The van der Waals surface area contributed by atoms with Crippen LogP contribution < -0.4 is 9.64 Å². The third-order valence-electron chi connectivity index (χ3n) is 4.81. The zero-order chi connectivity index (χ0) is 19.7. The second-order valence-electron chi connectivity index (χ2n) is 7.05. The van der Waals surface area contributed by atoms with Gasteiger partial charge < -0.3 is 9.84 Å². The normalized spacial score (nSPS) is 13.3. The Balaban J connectivity index is 1.51. The number of amides is 1. The van der Waals surface area contributed by atoms with Crippen molar-refractivity contribution in [2.24, 2.45) is 5.92 Å². The van der Waals surface area contributed by atoms with Crippen molar-refractivity contribution in [3.8, 4) is 11.6 Å². The van der Waals surface area contributed by atoms with Gasteiger partial charge in [0.2, 0.25) is 5.88 Å². The average Bonchev–Trinajstić information content (AvgIpc) is 3.50. The SMILES string of the molecule is CC(=O)c1ccc2nc(Oc3ccc(N(CC4CC4)C(=O)O)cc3)ccc2c1. The Labute approximate surface area is 162 Å². The minimum absolute atomic E-state index is 0.0133. The Morgan fingerprint density at radius 2 is 1.86 bits per heavy atom. The molecule has 2 aromatic carbocycles. The van der Waals surface area contributed by atoms with E-state index in [0.717, 1.165) is 23.7 Å². The first-order valence-electron chi connectivity index (χ1n) is 9.20. The molecule has 0 atom stereocenters. The molecule has 1 aromatic heterocycles. The van der Waals surface area contributed by atoms with E-state index in [1.54, 1.807) is 42.5 Å². The number of nitrogens with zero attached hydrogens (tertiary/aromatic N) is 2. The van der Waals surface area contributed by atoms with Crippen molar-refractivity contribution >= 4 is 28.5 Å². The van der Waals surface area contributed by atoms with E-state index in [9.17, 15) is 14.7 Å². The Morgan fingerprint density at radius 3 is 2.50 bits per heavy atom. The van der Waals surface area contributed by atoms with Crippen molar-refractivity contribution in [1.82, 2.24) is 4.98 Å². The minimum Gasteiger partial charge on any atom is -0.465 e. The van der Waals surface area contributed by atoms with E-state index in [4.69, 9.17) is 4.74 Å². The Morgan fingerprint density at radius 1 is 1.11 bits per heavy atom. The molecule has 1 amide bonds. The van der Waals surface area contributed by atoms with Gasteiger partial charge in [0.25, 0.3) is 0 Å². The van der Waals surface area contributed by atoms with Gasteiger partial charge in [-0.05, 0) is 74.2 Å². The fraction of sp³-hybridized carbons (Fsp3) is 0.227. The summed E-state index contributed by atoms with van der Waals surface area (Å²) in [6.45, 7) is 2.07. The number of anilines is 1. The molecule has 0 bridgehead atoms. The van der Waals surface area contributed by atoms with Crippen molar-refractivity contribution in [1.29, 1.82) is 0 Å². The van der Waals surface area contributed by atoms with Gasteiger partial charge in [-0.1, -0.05) is 0 Å². The van der Waals surface area contributed by atoms with Gasteiger partial charge in [0, 0.05) is 29.2 Å². The number of carbonyl (C=O) groups excluding carboxylic acids is 1. The highest BCUT2D eigenvalue weighted by Gasteiger charge is 2.27. The maximum Gasteiger partial charge on any atom is 0.411 e. The van der Waals surface area contributed by atoms with Crippen molar-refractivity contribution in [2.75, 3.05) is 11.4 Å². The molecular weight excluding hydrogens is 356 g/mol. The molecule has 4 rings (SSSR count). The number of hydrogen-bond acceptors (Lipinski definition) is 4. The van der Waals surface area contributed by atoms with Crippen LogP contribution in [0.1, 0.15) is 30.1 Å². The molecule has 0 spiro atoms. The number of pyridine rings is 1. The maximum absolute atomic E-state index is 11.5. The van der Waals surface area contributed by atoms with Crippen LogP contribution in [0, 0.1) is 5.92 Å². The van der Waals surface area contributed by atoms with E-state index < -0.39 is 6.09 Å². The van der Waals surface area contributed by atoms with Crippen LogP contribution in [-0.4, -0.2) is 28.5 Å². The first-order valence-corrected chi connectivity index (χ1v) is 9.20. The fourth-order valence-corrected chi connectivity index (χ4v) is 3.05. The molecule has 1 saturated carbocycles. The highest BCUT2D eigenvalue weighted by atomic mass is 16.5. The summed E-state index contributed by atoms with van der Waals surface area (Å²) in [6, 6.07) is 15.9. The predicted octanol–water partition coefficient (Wildman–Crippen LogP) is 5.12. The summed E-state index contributed by atoms with van der Waals surface area (Å²) in [7, 11) is 0. The second-order valence-corrected chi connectivity index (χ2v) is 7.05. The predicted molar refractivity (Wildman–Crippen MR) is 106 cm³/mol.